The molecule has 0 aliphatic carbocycles. The minimum atomic E-state index is -4.46. The van der Waals surface area contributed by atoms with Crippen LogP contribution in [0.1, 0.15) is 31.8 Å². The van der Waals surface area contributed by atoms with Crippen LogP contribution in [0.25, 0.3) is 22.0 Å². The Balaban J connectivity index is 1.46. The predicted molar refractivity (Wildman–Crippen MR) is 144 cm³/mol. The number of para-hydroxylation sites is 1. The molecular formula is C31H22F3N3O2. The van der Waals surface area contributed by atoms with Gasteiger partial charge in [0.15, 0.2) is 0 Å². The van der Waals surface area contributed by atoms with Crippen molar-refractivity contribution in [3.05, 3.63) is 131 Å². The van der Waals surface area contributed by atoms with Gasteiger partial charge in [0.1, 0.15) is 5.82 Å². The van der Waals surface area contributed by atoms with Crippen LogP contribution >= 0.6 is 0 Å². The average Bonchev–Trinajstić information content (AvgIpc) is 2.95. The number of hydrogen-bond donors (Lipinski definition) is 2. The average molecular weight is 526 g/mol. The van der Waals surface area contributed by atoms with Crippen molar-refractivity contribution in [2.75, 3.05) is 5.32 Å². The van der Waals surface area contributed by atoms with Crippen LogP contribution in [0, 0.1) is 0 Å². The van der Waals surface area contributed by atoms with Gasteiger partial charge in [-0.1, -0.05) is 78.9 Å². The van der Waals surface area contributed by atoms with Crippen molar-refractivity contribution in [1.29, 1.82) is 0 Å². The molecule has 2 amide bonds. The lowest BCUT2D eigenvalue weighted by Crippen LogP contribution is -2.25. The second-order valence-electron chi connectivity index (χ2n) is 8.82. The molecule has 5 nitrogen and oxygen atoms in total. The highest BCUT2D eigenvalue weighted by atomic mass is 19.4. The molecule has 0 aliphatic heterocycles. The third kappa shape index (κ3) is 5.80. The second-order valence-corrected chi connectivity index (χ2v) is 8.82. The lowest BCUT2D eigenvalue weighted by molar-refractivity contribution is -0.137. The van der Waals surface area contributed by atoms with Crippen molar-refractivity contribution >= 4 is 28.5 Å². The Morgan fingerprint density at radius 2 is 1.38 bits per heavy atom. The number of aromatic nitrogens is 1. The largest absolute Gasteiger partial charge is 0.416 e. The van der Waals surface area contributed by atoms with E-state index in [2.05, 4.69) is 15.6 Å². The highest BCUT2D eigenvalue weighted by Gasteiger charge is 2.30. The molecule has 0 fully saturated rings. The number of carbonyl (C=O) groups is 2. The fourth-order valence-electron chi connectivity index (χ4n) is 4.20. The molecule has 0 aliphatic rings. The number of pyridine rings is 1. The Hall–Kier alpha value is -4.98. The van der Waals surface area contributed by atoms with Gasteiger partial charge in [0, 0.05) is 17.5 Å². The highest BCUT2D eigenvalue weighted by molar-refractivity contribution is 6.12. The maximum atomic E-state index is 13.5. The van der Waals surface area contributed by atoms with E-state index in [9.17, 15) is 22.8 Å². The van der Waals surface area contributed by atoms with E-state index in [0.717, 1.165) is 23.1 Å². The van der Waals surface area contributed by atoms with E-state index in [-0.39, 0.29) is 23.5 Å². The Labute approximate surface area is 222 Å². The molecule has 194 valence electrons. The van der Waals surface area contributed by atoms with Crippen LogP contribution in [0.4, 0.5) is 19.0 Å². The maximum absolute atomic E-state index is 13.5. The number of carbonyl (C=O) groups excluding carboxylic acids is 2. The molecular weight excluding hydrogens is 503 g/mol. The number of hydrogen-bond acceptors (Lipinski definition) is 3. The summed E-state index contributed by atoms with van der Waals surface area (Å²) in [5.74, 6) is -0.889. The first kappa shape index (κ1) is 25.7. The predicted octanol–water partition coefficient (Wildman–Crippen LogP) is 7.10. The molecule has 1 heterocycles. The molecule has 5 rings (SSSR count). The van der Waals surface area contributed by atoms with Crippen molar-refractivity contribution in [2.24, 2.45) is 0 Å². The molecule has 0 atom stereocenters. The molecule has 4 aromatic carbocycles. The zero-order valence-electron chi connectivity index (χ0n) is 20.5. The first-order chi connectivity index (χ1) is 18.8. The van der Waals surface area contributed by atoms with Crippen molar-refractivity contribution in [3.8, 4) is 11.1 Å². The topological polar surface area (TPSA) is 71.1 Å². The quantitative estimate of drug-likeness (QED) is 0.248. The number of fused-ring (bicyclic) bond motifs is 1. The molecule has 0 bridgehead atoms. The number of nitrogens with one attached hydrogen (secondary N) is 2. The summed E-state index contributed by atoms with van der Waals surface area (Å²) >= 11 is 0. The van der Waals surface area contributed by atoms with E-state index in [1.165, 1.54) is 12.1 Å². The summed E-state index contributed by atoms with van der Waals surface area (Å²) in [6.45, 7) is 0.288. The van der Waals surface area contributed by atoms with E-state index in [4.69, 9.17) is 0 Å². The molecule has 0 saturated carbocycles. The summed E-state index contributed by atoms with van der Waals surface area (Å²) in [4.78, 5) is 31.2. The van der Waals surface area contributed by atoms with Gasteiger partial charge in [0.25, 0.3) is 11.8 Å². The number of benzene rings is 4. The normalized spacial score (nSPS) is 11.3. The van der Waals surface area contributed by atoms with Crippen LogP contribution in [0.15, 0.2) is 109 Å². The van der Waals surface area contributed by atoms with Gasteiger partial charge >= 0.3 is 6.18 Å². The first-order valence-corrected chi connectivity index (χ1v) is 12.1. The molecule has 0 radical (unpaired) electrons. The van der Waals surface area contributed by atoms with E-state index in [1.54, 1.807) is 42.5 Å². The van der Waals surface area contributed by atoms with E-state index in [1.807, 2.05) is 42.5 Å². The highest BCUT2D eigenvalue weighted by Crippen LogP contribution is 2.32. The zero-order chi connectivity index (χ0) is 27.4. The fraction of sp³-hybridized carbons (Fsp3) is 0.0645. The lowest BCUT2D eigenvalue weighted by atomic mass is 9.98. The fourth-order valence-corrected chi connectivity index (χ4v) is 4.20. The van der Waals surface area contributed by atoms with Crippen molar-refractivity contribution < 1.29 is 22.8 Å². The summed E-state index contributed by atoms with van der Waals surface area (Å²) in [6, 6.07) is 29.5. The van der Waals surface area contributed by atoms with Crippen LogP contribution in [0.2, 0.25) is 0 Å². The summed E-state index contributed by atoms with van der Waals surface area (Å²) in [5, 5.41) is 6.35. The summed E-state index contributed by atoms with van der Waals surface area (Å²) in [5.41, 5.74) is 2.02. The molecule has 0 unspecified atom stereocenters. The number of alkyl halides is 3. The molecule has 0 saturated heterocycles. The van der Waals surface area contributed by atoms with Crippen LogP contribution in [0.5, 0.6) is 0 Å². The molecule has 8 heteroatoms. The summed E-state index contributed by atoms with van der Waals surface area (Å²) in [6.07, 6.45) is -4.46. The van der Waals surface area contributed by atoms with E-state index < -0.39 is 23.6 Å². The van der Waals surface area contributed by atoms with Gasteiger partial charge in [-0.3, -0.25) is 9.59 Å². The number of nitrogens with zero attached hydrogens (tertiary/aromatic N) is 1. The first-order valence-electron chi connectivity index (χ1n) is 12.1. The summed E-state index contributed by atoms with van der Waals surface area (Å²) in [7, 11) is 0. The number of anilines is 1. The summed E-state index contributed by atoms with van der Waals surface area (Å²) < 4.78 is 39.1. The second kappa shape index (κ2) is 10.8. The third-order valence-electron chi connectivity index (χ3n) is 6.19. The van der Waals surface area contributed by atoms with Crippen LogP contribution in [0.3, 0.4) is 0 Å². The van der Waals surface area contributed by atoms with E-state index in [0.29, 0.717) is 16.6 Å². The Morgan fingerprint density at radius 3 is 2.13 bits per heavy atom. The van der Waals surface area contributed by atoms with Gasteiger partial charge in [0.2, 0.25) is 0 Å². The van der Waals surface area contributed by atoms with Crippen LogP contribution in [-0.4, -0.2) is 16.8 Å². The SMILES string of the molecule is O=C(Nc1nc2ccccc2cc1C(=O)NCc1ccccc1)c1ccccc1-c1ccc(C(F)(F)F)cc1. The smallest absolute Gasteiger partial charge is 0.348 e. The van der Waals surface area contributed by atoms with Gasteiger partial charge in [-0.25, -0.2) is 4.98 Å². The van der Waals surface area contributed by atoms with Crippen LogP contribution < -0.4 is 10.6 Å². The molecule has 0 spiro atoms. The molecule has 39 heavy (non-hydrogen) atoms. The van der Waals surface area contributed by atoms with Gasteiger partial charge in [-0.2, -0.15) is 13.2 Å². The van der Waals surface area contributed by atoms with Crippen molar-refractivity contribution in [1.82, 2.24) is 10.3 Å². The third-order valence-corrected chi connectivity index (χ3v) is 6.19. The van der Waals surface area contributed by atoms with Gasteiger partial charge in [0.05, 0.1) is 16.6 Å². The Bertz CT molecular complexity index is 1650. The zero-order valence-corrected chi connectivity index (χ0v) is 20.5. The van der Waals surface area contributed by atoms with E-state index >= 15 is 0 Å². The number of amides is 2. The van der Waals surface area contributed by atoms with Gasteiger partial charge in [-0.05, 0) is 47.0 Å². The molecule has 1 aromatic heterocycles. The van der Waals surface area contributed by atoms with Crippen molar-refractivity contribution in [3.63, 3.8) is 0 Å². The van der Waals surface area contributed by atoms with Crippen molar-refractivity contribution in [2.45, 2.75) is 12.7 Å². The monoisotopic (exact) mass is 525 g/mol. The molecule has 5 aromatic rings. The van der Waals surface area contributed by atoms with Gasteiger partial charge in [-0.15, -0.1) is 0 Å². The van der Waals surface area contributed by atoms with Crippen LogP contribution in [-0.2, 0) is 12.7 Å². The van der Waals surface area contributed by atoms with Gasteiger partial charge < -0.3 is 10.6 Å². The Kier molecular flexibility index (Phi) is 7.10. The molecule has 2 N–H and O–H groups in total. The number of halogens is 3. The minimum Gasteiger partial charge on any atom is -0.348 e. The number of rotatable bonds is 6. The minimum absolute atomic E-state index is 0.0754. The Morgan fingerprint density at radius 1 is 0.718 bits per heavy atom. The maximum Gasteiger partial charge on any atom is 0.416 e. The lowest BCUT2D eigenvalue weighted by Gasteiger charge is -2.14. The standard InChI is InChI=1S/C31H22F3N3O2/c32-31(33,34)23-16-14-21(15-17-23)24-11-5-6-12-25(24)30(39)37-28-26(18-22-10-4-7-13-27(22)36-28)29(38)35-19-20-8-2-1-3-9-20/h1-18H,19H2,(H,35,38)(H,36,37,39).